The second-order valence-corrected chi connectivity index (χ2v) is 5.49. The largest absolute Gasteiger partial charge is 0.465 e. The highest BCUT2D eigenvalue weighted by molar-refractivity contribution is 5.94. The number of carbonyl (C=O) groups is 1. The fourth-order valence-electron chi connectivity index (χ4n) is 2.50. The summed E-state index contributed by atoms with van der Waals surface area (Å²) in [5.74, 6) is -0.192. The van der Waals surface area contributed by atoms with Crippen LogP contribution in [0.25, 0.3) is 5.69 Å². The molecule has 7 heteroatoms. The average molecular weight is 340 g/mol. The van der Waals surface area contributed by atoms with Crippen LogP contribution in [0.15, 0.2) is 55.0 Å². The highest BCUT2D eigenvalue weighted by Gasteiger charge is 2.16. The molecule has 1 aromatic carbocycles. The Labute approximate surface area is 144 Å². The van der Waals surface area contributed by atoms with Gasteiger partial charge in [0.1, 0.15) is 17.2 Å². The molecule has 0 spiro atoms. The van der Waals surface area contributed by atoms with Crippen LogP contribution < -0.4 is 4.90 Å². The normalized spacial score (nSPS) is 10.5. The lowest BCUT2D eigenvalue weighted by Crippen LogP contribution is -2.21. The third-order valence-corrected chi connectivity index (χ3v) is 3.70. The zero-order valence-corrected chi connectivity index (χ0v) is 13.9. The summed E-state index contributed by atoms with van der Waals surface area (Å²) >= 11 is 0. The van der Waals surface area contributed by atoms with Gasteiger partial charge in [-0.15, -0.1) is 0 Å². The number of pyridine rings is 1. The molecule has 0 unspecified atom stereocenters. The van der Waals surface area contributed by atoms with E-state index in [2.05, 4.69) is 10.1 Å². The van der Waals surface area contributed by atoms with Crippen molar-refractivity contribution in [2.75, 3.05) is 19.1 Å². The van der Waals surface area contributed by atoms with Crippen molar-refractivity contribution in [1.29, 1.82) is 0 Å². The monoisotopic (exact) mass is 340 g/mol. The fourth-order valence-corrected chi connectivity index (χ4v) is 2.50. The zero-order valence-electron chi connectivity index (χ0n) is 13.9. The Bertz CT molecular complexity index is 877. The Hall–Kier alpha value is -3.22. The van der Waals surface area contributed by atoms with Crippen LogP contribution in [-0.4, -0.2) is 34.9 Å². The maximum Gasteiger partial charge on any atom is 0.341 e. The van der Waals surface area contributed by atoms with Gasteiger partial charge in [0.25, 0.3) is 0 Å². The van der Waals surface area contributed by atoms with E-state index < -0.39 is 5.97 Å². The topological polar surface area (TPSA) is 60.2 Å². The number of carbonyl (C=O) groups excluding carboxylic acids is 1. The Morgan fingerprint density at radius 3 is 2.76 bits per heavy atom. The molecule has 0 radical (unpaired) electrons. The van der Waals surface area contributed by atoms with Crippen molar-refractivity contribution in [1.82, 2.24) is 14.8 Å². The van der Waals surface area contributed by atoms with E-state index in [1.54, 1.807) is 41.3 Å². The van der Waals surface area contributed by atoms with Crippen LogP contribution in [-0.2, 0) is 11.3 Å². The summed E-state index contributed by atoms with van der Waals surface area (Å²) in [4.78, 5) is 18.0. The minimum absolute atomic E-state index is 0.290. The number of rotatable bonds is 5. The standard InChI is InChI=1S/C18H17FN4O2/c1-22(17-16(18(24)25-2)4-3-9-20-17)11-13-10-21-23(12-13)15-7-5-14(19)6-8-15/h3-10,12H,11H2,1-2H3. The van der Waals surface area contributed by atoms with Crippen LogP contribution in [0.5, 0.6) is 0 Å². The number of hydrogen-bond acceptors (Lipinski definition) is 5. The molecule has 2 heterocycles. The molecule has 128 valence electrons. The number of esters is 1. The Kier molecular flexibility index (Phi) is 4.74. The Balaban J connectivity index is 1.79. The predicted octanol–water partition coefficient (Wildman–Crippen LogP) is 2.83. The summed E-state index contributed by atoms with van der Waals surface area (Å²) < 4.78 is 19.5. The van der Waals surface area contributed by atoms with Gasteiger partial charge < -0.3 is 9.64 Å². The molecule has 0 fully saturated rings. The van der Waals surface area contributed by atoms with E-state index in [9.17, 15) is 9.18 Å². The summed E-state index contributed by atoms with van der Waals surface area (Å²) in [6.07, 6.45) is 5.20. The summed E-state index contributed by atoms with van der Waals surface area (Å²) in [5.41, 5.74) is 2.09. The quantitative estimate of drug-likeness (QED) is 0.669. The average Bonchev–Trinajstić information content (AvgIpc) is 3.10. The number of halogens is 1. The molecule has 6 nitrogen and oxygen atoms in total. The third-order valence-electron chi connectivity index (χ3n) is 3.70. The van der Waals surface area contributed by atoms with Crippen molar-refractivity contribution in [2.24, 2.45) is 0 Å². The first-order chi connectivity index (χ1) is 12.1. The van der Waals surface area contributed by atoms with Gasteiger partial charge in [-0.3, -0.25) is 0 Å². The highest BCUT2D eigenvalue weighted by atomic mass is 19.1. The van der Waals surface area contributed by atoms with Crippen LogP contribution in [0.3, 0.4) is 0 Å². The molecule has 0 N–H and O–H groups in total. The van der Waals surface area contributed by atoms with Gasteiger partial charge in [0.05, 0.1) is 19.0 Å². The minimum atomic E-state index is -0.433. The van der Waals surface area contributed by atoms with E-state index in [1.807, 2.05) is 18.1 Å². The molecule has 25 heavy (non-hydrogen) atoms. The molecule has 3 rings (SSSR count). The van der Waals surface area contributed by atoms with Crippen molar-refractivity contribution in [3.63, 3.8) is 0 Å². The van der Waals surface area contributed by atoms with Crippen molar-refractivity contribution < 1.29 is 13.9 Å². The first-order valence-electron chi connectivity index (χ1n) is 7.62. The van der Waals surface area contributed by atoms with Gasteiger partial charge in [0, 0.05) is 31.5 Å². The van der Waals surface area contributed by atoms with Gasteiger partial charge in [-0.1, -0.05) is 0 Å². The van der Waals surface area contributed by atoms with Gasteiger partial charge in [-0.2, -0.15) is 5.10 Å². The molecule has 0 amide bonds. The number of hydrogen-bond donors (Lipinski definition) is 0. The van der Waals surface area contributed by atoms with Gasteiger partial charge in [0.15, 0.2) is 0 Å². The van der Waals surface area contributed by atoms with Crippen molar-refractivity contribution in [3.05, 3.63) is 71.9 Å². The number of ether oxygens (including phenoxy) is 1. The van der Waals surface area contributed by atoms with E-state index in [0.29, 0.717) is 17.9 Å². The lowest BCUT2D eigenvalue weighted by Gasteiger charge is -2.19. The Morgan fingerprint density at radius 1 is 1.28 bits per heavy atom. The zero-order chi connectivity index (χ0) is 17.8. The van der Waals surface area contributed by atoms with E-state index in [-0.39, 0.29) is 5.82 Å². The summed E-state index contributed by atoms with van der Waals surface area (Å²) in [6, 6.07) is 9.45. The predicted molar refractivity (Wildman–Crippen MR) is 91.2 cm³/mol. The van der Waals surface area contributed by atoms with Crippen molar-refractivity contribution >= 4 is 11.8 Å². The van der Waals surface area contributed by atoms with E-state index in [4.69, 9.17) is 4.74 Å². The first kappa shape index (κ1) is 16.6. The molecule has 3 aromatic rings. The fraction of sp³-hybridized carbons (Fsp3) is 0.167. The van der Waals surface area contributed by atoms with Crippen molar-refractivity contribution in [2.45, 2.75) is 6.54 Å². The lowest BCUT2D eigenvalue weighted by atomic mass is 10.2. The molecule has 0 saturated heterocycles. The third kappa shape index (κ3) is 3.65. The molecule has 0 bridgehead atoms. The molecular weight excluding hydrogens is 323 g/mol. The Morgan fingerprint density at radius 2 is 2.04 bits per heavy atom. The van der Waals surface area contributed by atoms with Crippen LogP contribution in [0.4, 0.5) is 10.2 Å². The molecule has 0 aliphatic rings. The smallest absolute Gasteiger partial charge is 0.341 e. The first-order valence-corrected chi connectivity index (χ1v) is 7.62. The van der Waals surface area contributed by atoms with Gasteiger partial charge in [0.2, 0.25) is 0 Å². The number of anilines is 1. The molecular formula is C18H17FN4O2. The van der Waals surface area contributed by atoms with Crippen LogP contribution in [0, 0.1) is 5.82 Å². The SMILES string of the molecule is COC(=O)c1cccnc1N(C)Cc1cnn(-c2ccc(F)cc2)c1. The van der Waals surface area contributed by atoms with Crippen LogP contribution in [0.1, 0.15) is 15.9 Å². The molecule has 0 atom stereocenters. The van der Waals surface area contributed by atoms with Gasteiger partial charge in [-0.25, -0.2) is 18.9 Å². The van der Waals surface area contributed by atoms with Gasteiger partial charge >= 0.3 is 5.97 Å². The van der Waals surface area contributed by atoms with E-state index in [1.165, 1.54) is 19.2 Å². The molecule has 0 saturated carbocycles. The maximum atomic E-state index is 13.0. The summed E-state index contributed by atoms with van der Waals surface area (Å²) in [6.45, 7) is 0.502. The molecule has 0 aliphatic heterocycles. The molecule has 0 aliphatic carbocycles. The number of aromatic nitrogens is 3. The second kappa shape index (κ2) is 7.12. The summed E-state index contributed by atoms with van der Waals surface area (Å²) in [7, 11) is 3.18. The number of benzene rings is 1. The van der Waals surface area contributed by atoms with Crippen LogP contribution >= 0.6 is 0 Å². The minimum Gasteiger partial charge on any atom is -0.465 e. The maximum absolute atomic E-state index is 13.0. The second-order valence-electron chi connectivity index (χ2n) is 5.49. The van der Waals surface area contributed by atoms with Crippen LogP contribution in [0.2, 0.25) is 0 Å². The van der Waals surface area contributed by atoms with E-state index in [0.717, 1.165) is 11.3 Å². The highest BCUT2D eigenvalue weighted by Crippen LogP contribution is 2.19. The number of nitrogens with zero attached hydrogens (tertiary/aromatic N) is 4. The molecule has 2 aromatic heterocycles. The summed E-state index contributed by atoms with van der Waals surface area (Å²) in [5, 5.41) is 4.29. The number of methoxy groups -OCH3 is 1. The van der Waals surface area contributed by atoms with E-state index >= 15 is 0 Å². The lowest BCUT2D eigenvalue weighted by molar-refractivity contribution is 0.0601. The van der Waals surface area contributed by atoms with Gasteiger partial charge in [-0.05, 0) is 36.4 Å². The van der Waals surface area contributed by atoms with Crippen molar-refractivity contribution in [3.8, 4) is 5.69 Å².